The van der Waals surface area contributed by atoms with Crippen LogP contribution in [-0.2, 0) is 17.9 Å². The minimum Gasteiger partial charge on any atom is -0.487 e. The number of halogens is 1. The number of hydrogen-bond acceptors (Lipinski definition) is 4. The molecular formula is C16H19ClN2O2. The van der Waals surface area contributed by atoms with Gasteiger partial charge in [-0.2, -0.15) is 0 Å². The van der Waals surface area contributed by atoms with E-state index in [2.05, 4.69) is 10.3 Å². The molecule has 5 heteroatoms. The fraction of sp³-hybridized carbons (Fsp3) is 0.312. The summed E-state index contributed by atoms with van der Waals surface area (Å²) in [5.41, 5.74) is 2.05. The van der Waals surface area contributed by atoms with Gasteiger partial charge in [0.2, 0.25) is 0 Å². The summed E-state index contributed by atoms with van der Waals surface area (Å²) in [5, 5.41) is 3.97. The van der Waals surface area contributed by atoms with Crippen molar-refractivity contribution in [3.8, 4) is 5.75 Å². The third-order valence-corrected chi connectivity index (χ3v) is 3.16. The zero-order valence-corrected chi connectivity index (χ0v) is 12.8. The molecule has 0 unspecified atom stereocenters. The van der Waals surface area contributed by atoms with Gasteiger partial charge in [0.05, 0.1) is 18.5 Å². The van der Waals surface area contributed by atoms with E-state index in [9.17, 15) is 0 Å². The molecule has 112 valence electrons. The second kappa shape index (κ2) is 8.62. The van der Waals surface area contributed by atoms with Crippen molar-refractivity contribution in [2.45, 2.75) is 13.2 Å². The summed E-state index contributed by atoms with van der Waals surface area (Å²) in [4.78, 5) is 4.35. The smallest absolute Gasteiger partial charge is 0.138 e. The van der Waals surface area contributed by atoms with Gasteiger partial charge in [0.15, 0.2) is 0 Å². The van der Waals surface area contributed by atoms with Crippen LogP contribution in [0, 0.1) is 0 Å². The Labute approximate surface area is 130 Å². The fourth-order valence-corrected chi connectivity index (χ4v) is 1.86. The molecule has 21 heavy (non-hydrogen) atoms. The van der Waals surface area contributed by atoms with Crippen molar-refractivity contribution in [3.05, 3.63) is 58.9 Å². The zero-order valence-electron chi connectivity index (χ0n) is 12.0. The first kappa shape index (κ1) is 15.8. The van der Waals surface area contributed by atoms with Crippen molar-refractivity contribution < 1.29 is 9.47 Å². The molecule has 2 aromatic rings. The largest absolute Gasteiger partial charge is 0.487 e. The van der Waals surface area contributed by atoms with Crippen LogP contribution < -0.4 is 10.1 Å². The minimum atomic E-state index is 0.504. The number of aromatic nitrogens is 1. The Morgan fingerprint density at radius 2 is 1.95 bits per heavy atom. The predicted octanol–water partition coefficient (Wildman–Crippen LogP) is 3.05. The van der Waals surface area contributed by atoms with E-state index in [1.807, 2.05) is 36.4 Å². The van der Waals surface area contributed by atoms with Crippen molar-refractivity contribution in [1.29, 1.82) is 0 Å². The third kappa shape index (κ3) is 5.71. The van der Waals surface area contributed by atoms with E-state index in [1.54, 1.807) is 13.3 Å². The van der Waals surface area contributed by atoms with Crippen LogP contribution in [0.15, 0.2) is 42.6 Å². The Bertz CT molecular complexity index is 529. The van der Waals surface area contributed by atoms with E-state index in [-0.39, 0.29) is 0 Å². The Morgan fingerprint density at radius 3 is 2.62 bits per heavy atom. The Kier molecular flexibility index (Phi) is 6.47. The Hall–Kier alpha value is -1.62. The molecule has 2 rings (SSSR count). The maximum absolute atomic E-state index is 5.84. The maximum atomic E-state index is 5.84. The number of nitrogens with zero attached hydrogens (tertiary/aromatic N) is 1. The molecule has 1 N–H and O–H groups in total. The lowest BCUT2D eigenvalue weighted by Crippen LogP contribution is -2.19. The van der Waals surface area contributed by atoms with Gasteiger partial charge in [-0.15, -0.1) is 0 Å². The van der Waals surface area contributed by atoms with Crippen LogP contribution in [0.5, 0.6) is 5.75 Å². The third-order valence-electron chi connectivity index (χ3n) is 2.91. The first-order chi connectivity index (χ1) is 10.3. The SMILES string of the molecule is COCCNCc1ccc(OCc2ccc(Cl)cc2)cn1. The normalized spacial score (nSPS) is 10.6. The predicted molar refractivity (Wildman–Crippen MR) is 83.6 cm³/mol. The summed E-state index contributed by atoms with van der Waals surface area (Å²) in [6.07, 6.45) is 1.74. The van der Waals surface area contributed by atoms with Gasteiger partial charge in [-0.25, -0.2) is 0 Å². The van der Waals surface area contributed by atoms with Gasteiger partial charge >= 0.3 is 0 Å². The zero-order chi connectivity index (χ0) is 14.9. The maximum Gasteiger partial charge on any atom is 0.138 e. The average molecular weight is 307 g/mol. The molecule has 0 amide bonds. The number of rotatable bonds is 8. The summed E-state index contributed by atoms with van der Waals surface area (Å²) in [7, 11) is 1.69. The number of methoxy groups -OCH3 is 1. The molecule has 1 heterocycles. The van der Waals surface area contributed by atoms with Crippen molar-refractivity contribution in [3.63, 3.8) is 0 Å². The van der Waals surface area contributed by atoms with E-state index in [4.69, 9.17) is 21.1 Å². The fourth-order valence-electron chi connectivity index (χ4n) is 1.74. The van der Waals surface area contributed by atoms with Gasteiger partial charge in [0, 0.05) is 25.2 Å². The highest BCUT2D eigenvalue weighted by molar-refractivity contribution is 6.30. The van der Waals surface area contributed by atoms with Crippen LogP contribution in [0.25, 0.3) is 0 Å². The van der Waals surface area contributed by atoms with Crippen molar-refractivity contribution in [2.75, 3.05) is 20.3 Å². The second-order valence-electron chi connectivity index (χ2n) is 4.57. The molecule has 0 saturated carbocycles. The number of nitrogens with one attached hydrogen (secondary N) is 1. The minimum absolute atomic E-state index is 0.504. The van der Waals surface area contributed by atoms with Crippen molar-refractivity contribution >= 4 is 11.6 Å². The molecule has 0 radical (unpaired) electrons. The lowest BCUT2D eigenvalue weighted by atomic mass is 10.2. The molecule has 0 bridgehead atoms. The topological polar surface area (TPSA) is 43.4 Å². The molecule has 0 aliphatic heterocycles. The molecule has 0 aliphatic carbocycles. The molecule has 0 fully saturated rings. The molecule has 0 aliphatic rings. The van der Waals surface area contributed by atoms with Crippen LogP contribution in [0.1, 0.15) is 11.3 Å². The first-order valence-corrected chi connectivity index (χ1v) is 7.17. The molecule has 1 aromatic heterocycles. The number of benzene rings is 1. The summed E-state index contributed by atoms with van der Waals surface area (Å²) in [6.45, 7) is 2.74. The van der Waals surface area contributed by atoms with Gasteiger partial charge in [-0.1, -0.05) is 23.7 Å². The van der Waals surface area contributed by atoms with E-state index in [0.29, 0.717) is 13.2 Å². The van der Waals surface area contributed by atoms with Gasteiger partial charge < -0.3 is 14.8 Å². The summed E-state index contributed by atoms with van der Waals surface area (Å²) < 4.78 is 10.7. The monoisotopic (exact) mass is 306 g/mol. The van der Waals surface area contributed by atoms with Crippen LogP contribution in [0.2, 0.25) is 5.02 Å². The lowest BCUT2D eigenvalue weighted by molar-refractivity contribution is 0.199. The van der Waals surface area contributed by atoms with Gasteiger partial charge in [0.1, 0.15) is 12.4 Å². The second-order valence-corrected chi connectivity index (χ2v) is 5.01. The highest BCUT2D eigenvalue weighted by Gasteiger charge is 1.99. The van der Waals surface area contributed by atoms with Gasteiger partial charge in [-0.3, -0.25) is 4.98 Å². The molecule has 0 atom stereocenters. The molecule has 4 nitrogen and oxygen atoms in total. The molecule has 0 spiro atoms. The number of ether oxygens (including phenoxy) is 2. The van der Waals surface area contributed by atoms with Crippen molar-refractivity contribution in [2.24, 2.45) is 0 Å². The molecule has 1 aromatic carbocycles. The highest BCUT2D eigenvalue weighted by atomic mass is 35.5. The quantitative estimate of drug-likeness (QED) is 0.761. The summed E-state index contributed by atoms with van der Waals surface area (Å²) in [6, 6.07) is 11.5. The number of pyridine rings is 1. The van der Waals surface area contributed by atoms with E-state index < -0.39 is 0 Å². The Balaban J connectivity index is 1.78. The van der Waals surface area contributed by atoms with E-state index in [0.717, 1.165) is 35.1 Å². The van der Waals surface area contributed by atoms with Crippen LogP contribution in [-0.4, -0.2) is 25.2 Å². The average Bonchev–Trinajstić information content (AvgIpc) is 2.52. The molecular weight excluding hydrogens is 288 g/mol. The highest BCUT2D eigenvalue weighted by Crippen LogP contribution is 2.14. The number of hydrogen-bond donors (Lipinski definition) is 1. The lowest BCUT2D eigenvalue weighted by Gasteiger charge is -2.07. The van der Waals surface area contributed by atoms with Crippen LogP contribution in [0.4, 0.5) is 0 Å². The first-order valence-electron chi connectivity index (χ1n) is 6.80. The van der Waals surface area contributed by atoms with Gasteiger partial charge in [0.25, 0.3) is 0 Å². The Morgan fingerprint density at radius 1 is 1.14 bits per heavy atom. The molecule has 0 saturated heterocycles. The summed E-state index contributed by atoms with van der Waals surface area (Å²) >= 11 is 5.84. The summed E-state index contributed by atoms with van der Waals surface area (Å²) in [5.74, 6) is 0.755. The van der Waals surface area contributed by atoms with Crippen LogP contribution >= 0.6 is 11.6 Å². The van der Waals surface area contributed by atoms with E-state index in [1.165, 1.54) is 0 Å². The van der Waals surface area contributed by atoms with E-state index >= 15 is 0 Å². The van der Waals surface area contributed by atoms with Crippen LogP contribution in [0.3, 0.4) is 0 Å². The van der Waals surface area contributed by atoms with Gasteiger partial charge in [-0.05, 0) is 29.8 Å². The standard InChI is InChI=1S/C16H19ClN2O2/c1-20-9-8-18-10-15-6-7-16(11-19-15)21-12-13-2-4-14(17)5-3-13/h2-7,11,18H,8-10,12H2,1H3. The van der Waals surface area contributed by atoms with Crippen molar-refractivity contribution in [1.82, 2.24) is 10.3 Å².